The van der Waals surface area contributed by atoms with Gasteiger partial charge < -0.3 is 4.90 Å². The van der Waals surface area contributed by atoms with Crippen LogP contribution in [-0.4, -0.2) is 43.4 Å². The van der Waals surface area contributed by atoms with E-state index in [0.717, 1.165) is 52.0 Å². The second-order valence-electron chi connectivity index (χ2n) is 6.56. The van der Waals surface area contributed by atoms with E-state index in [2.05, 4.69) is 41.8 Å². The van der Waals surface area contributed by atoms with Crippen molar-refractivity contribution in [3.8, 4) is 0 Å². The topological polar surface area (TPSA) is 23.6 Å². The van der Waals surface area contributed by atoms with Crippen LogP contribution in [0.3, 0.4) is 0 Å². The summed E-state index contributed by atoms with van der Waals surface area (Å²) in [6.45, 7) is 9.69. The Bertz CT molecular complexity index is 518. The molecule has 0 bridgehead atoms. The normalized spacial score (nSPS) is 23.8. The third kappa shape index (κ3) is 3.13. The highest BCUT2D eigenvalue weighted by Crippen LogP contribution is 2.26. The zero-order valence-electron chi connectivity index (χ0n) is 13.3. The largest absolute Gasteiger partial charge is 0.369 e. The van der Waals surface area contributed by atoms with E-state index in [0.29, 0.717) is 11.7 Å². The molecule has 1 saturated carbocycles. The molecule has 1 atom stereocenters. The number of carbonyl (C=O) groups excluding carboxylic acids is 1. The molecule has 1 aromatic rings. The predicted molar refractivity (Wildman–Crippen MR) is 86.9 cm³/mol. The molecule has 3 nitrogen and oxygen atoms in total. The van der Waals surface area contributed by atoms with Gasteiger partial charge in [-0.15, -0.1) is 0 Å². The van der Waals surface area contributed by atoms with Crippen LogP contribution in [0.25, 0.3) is 0 Å². The van der Waals surface area contributed by atoms with Gasteiger partial charge in [-0.3, -0.25) is 9.69 Å². The van der Waals surface area contributed by atoms with Crippen LogP contribution in [-0.2, 0) is 4.79 Å². The molecule has 1 heterocycles. The van der Waals surface area contributed by atoms with Gasteiger partial charge in [0.05, 0.1) is 0 Å². The number of ketones is 1. The molecule has 0 N–H and O–H groups in total. The van der Waals surface area contributed by atoms with Crippen molar-refractivity contribution in [3.05, 3.63) is 29.3 Å². The van der Waals surface area contributed by atoms with Crippen molar-refractivity contribution in [1.82, 2.24) is 4.90 Å². The monoisotopic (exact) mass is 286 g/mol. The van der Waals surface area contributed by atoms with Crippen molar-refractivity contribution >= 4 is 11.5 Å². The zero-order chi connectivity index (χ0) is 14.8. The maximum absolute atomic E-state index is 11.8. The van der Waals surface area contributed by atoms with Crippen LogP contribution in [0.15, 0.2) is 18.2 Å². The maximum Gasteiger partial charge on any atom is 0.137 e. The Kier molecular flexibility index (Phi) is 4.29. The highest BCUT2D eigenvalue weighted by molar-refractivity contribution is 5.83. The van der Waals surface area contributed by atoms with Crippen LogP contribution in [0.5, 0.6) is 0 Å². The van der Waals surface area contributed by atoms with Gasteiger partial charge in [-0.05, 0) is 43.9 Å². The molecule has 21 heavy (non-hydrogen) atoms. The molecule has 0 aromatic heterocycles. The minimum Gasteiger partial charge on any atom is -0.369 e. The molecule has 3 rings (SSSR count). The third-order valence-electron chi connectivity index (χ3n) is 5.20. The minimum atomic E-state index is 0.317. The van der Waals surface area contributed by atoms with E-state index in [4.69, 9.17) is 0 Å². The van der Waals surface area contributed by atoms with Gasteiger partial charge in [-0.2, -0.15) is 0 Å². The number of rotatable bonds is 3. The summed E-state index contributed by atoms with van der Waals surface area (Å²) in [5.74, 6) is 0.809. The highest BCUT2D eigenvalue weighted by atomic mass is 16.1. The van der Waals surface area contributed by atoms with Crippen LogP contribution in [0.4, 0.5) is 5.69 Å². The van der Waals surface area contributed by atoms with E-state index in [-0.39, 0.29) is 0 Å². The van der Waals surface area contributed by atoms with E-state index in [1.165, 1.54) is 16.8 Å². The average Bonchev–Trinajstić information content (AvgIpc) is 2.88. The number of anilines is 1. The number of nitrogens with zero attached hydrogens (tertiary/aromatic N) is 2. The van der Waals surface area contributed by atoms with Crippen LogP contribution in [0.2, 0.25) is 0 Å². The first-order valence-electron chi connectivity index (χ1n) is 8.21. The van der Waals surface area contributed by atoms with Gasteiger partial charge in [0, 0.05) is 50.7 Å². The van der Waals surface area contributed by atoms with Gasteiger partial charge in [-0.1, -0.05) is 12.1 Å². The average molecular weight is 286 g/mol. The lowest BCUT2D eigenvalue weighted by Crippen LogP contribution is -2.48. The fourth-order valence-corrected chi connectivity index (χ4v) is 3.64. The van der Waals surface area contributed by atoms with Crippen LogP contribution in [0, 0.1) is 19.8 Å². The summed E-state index contributed by atoms with van der Waals surface area (Å²) >= 11 is 0. The van der Waals surface area contributed by atoms with Gasteiger partial charge >= 0.3 is 0 Å². The predicted octanol–water partition coefficient (Wildman–Crippen LogP) is 2.79. The Balaban J connectivity index is 1.57. The number of hydrogen-bond donors (Lipinski definition) is 0. The van der Waals surface area contributed by atoms with Crippen molar-refractivity contribution in [3.63, 3.8) is 0 Å². The number of benzene rings is 1. The van der Waals surface area contributed by atoms with Crippen molar-refractivity contribution < 1.29 is 4.79 Å². The van der Waals surface area contributed by atoms with Gasteiger partial charge in [0.25, 0.3) is 0 Å². The van der Waals surface area contributed by atoms with Crippen molar-refractivity contribution in [2.45, 2.75) is 33.1 Å². The summed E-state index contributed by atoms with van der Waals surface area (Å²) in [5, 5.41) is 0. The second kappa shape index (κ2) is 6.18. The molecule has 0 radical (unpaired) electrons. The summed E-state index contributed by atoms with van der Waals surface area (Å²) in [5.41, 5.74) is 4.15. The highest BCUT2D eigenvalue weighted by Gasteiger charge is 2.28. The molecule has 1 aromatic carbocycles. The van der Waals surface area contributed by atoms with Crippen molar-refractivity contribution in [2.24, 2.45) is 5.92 Å². The molecule has 1 aliphatic carbocycles. The lowest BCUT2D eigenvalue weighted by Gasteiger charge is -2.37. The van der Waals surface area contributed by atoms with E-state index < -0.39 is 0 Å². The molecule has 2 aliphatic rings. The molecular weight excluding hydrogens is 260 g/mol. The Labute approximate surface area is 127 Å². The van der Waals surface area contributed by atoms with E-state index in [9.17, 15) is 4.79 Å². The van der Waals surface area contributed by atoms with Crippen molar-refractivity contribution in [2.75, 3.05) is 37.6 Å². The van der Waals surface area contributed by atoms with Crippen LogP contribution in [0.1, 0.15) is 30.4 Å². The van der Waals surface area contributed by atoms with Crippen LogP contribution >= 0.6 is 0 Å². The molecule has 3 heteroatoms. The Morgan fingerprint density at radius 2 is 1.90 bits per heavy atom. The molecule has 1 aliphatic heterocycles. The summed E-state index contributed by atoms with van der Waals surface area (Å²) in [7, 11) is 0. The standard InChI is InChI=1S/C18H26N2O/c1-14-5-3-7-17(15(14)2)20-11-9-19(10-12-20)13-16-6-4-8-18(16)21/h3,5,7,16H,4,6,8-13H2,1-2H3. The summed E-state index contributed by atoms with van der Waals surface area (Å²) in [6.07, 6.45) is 3.02. The number of Topliss-reactive ketones (excluding diaryl/α,β-unsaturated/α-hetero) is 1. The summed E-state index contributed by atoms with van der Waals surface area (Å²) in [6, 6.07) is 6.57. The van der Waals surface area contributed by atoms with Gasteiger partial charge in [0.2, 0.25) is 0 Å². The fraction of sp³-hybridized carbons (Fsp3) is 0.611. The van der Waals surface area contributed by atoms with E-state index in [1.54, 1.807) is 0 Å². The molecular formula is C18H26N2O. The first-order valence-corrected chi connectivity index (χ1v) is 8.21. The molecule has 0 spiro atoms. The maximum atomic E-state index is 11.8. The number of hydrogen-bond acceptors (Lipinski definition) is 3. The minimum absolute atomic E-state index is 0.317. The molecule has 1 unspecified atom stereocenters. The lowest BCUT2D eigenvalue weighted by molar-refractivity contribution is -0.121. The SMILES string of the molecule is Cc1cccc(N2CCN(CC3CCCC3=O)CC2)c1C. The number of piperazine rings is 1. The molecule has 1 saturated heterocycles. The third-order valence-corrected chi connectivity index (χ3v) is 5.20. The fourth-order valence-electron chi connectivity index (χ4n) is 3.64. The van der Waals surface area contributed by atoms with Crippen LogP contribution < -0.4 is 4.90 Å². The lowest BCUT2D eigenvalue weighted by atomic mass is 10.1. The van der Waals surface area contributed by atoms with Gasteiger partial charge in [0.1, 0.15) is 5.78 Å². The Morgan fingerprint density at radius 1 is 1.14 bits per heavy atom. The van der Waals surface area contributed by atoms with Crippen molar-refractivity contribution in [1.29, 1.82) is 0 Å². The smallest absolute Gasteiger partial charge is 0.137 e. The molecule has 2 fully saturated rings. The molecule has 114 valence electrons. The van der Waals surface area contributed by atoms with E-state index in [1.807, 2.05) is 0 Å². The van der Waals surface area contributed by atoms with Gasteiger partial charge in [0.15, 0.2) is 0 Å². The second-order valence-corrected chi connectivity index (χ2v) is 6.56. The number of aryl methyl sites for hydroxylation is 1. The number of carbonyl (C=O) groups is 1. The molecule has 0 amide bonds. The summed E-state index contributed by atoms with van der Waals surface area (Å²) in [4.78, 5) is 16.8. The Morgan fingerprint density at radius 3 is 2.57 bits per heavy atom. The first kappa shape index (κ1) is 14.6. The van der Waals surface area contributed by atoms with E-state index >= 15 is 0 Å². The zero-order valence-corrected chi connectivity index (χ0v) is 13.3. The quantitative estimate of drug-likeness (QED) is 0.853. The first-order chi connectivity index (χ1) is 10.1. The van der Waals surface area contributed by atoms with Gasteiger partial charge in [-0.25, -0.2) is 0 Å². The Hall–Kier alpha value is -1.35. The summed E-state index contributed by atoms with van der Waals surface area (Å²) < 4.78 is 0.